The first-order chi connectivity index (χ1) is 16.1. The van der Waals surface area contributed by atoms with Gasteiger partial charge in [-0.3, -0.25) is 9.80 Å². The maximum Gasteiger partial charge on any atom is 0.338 e. The number of halogens is 1. The van der Waals surface area contributed by atoms with Gasteiger partial charge in [-0.1, -0.05) is 29.8 Å². The van der Waals surface area contributed by atoms with Gasteiger partial charge in [0.05, 0.1) is 18.2 Å². The molecule has 1 aromatic rings. The molecular weight excluding hydrogens is 458 g/mol. The highest BCUT2D eigenvalue weighted by Gasteiger charge is 2.39. The van der Waals surface area contributed by atoms with Crippen LogP contribution in [0.25, 0.3) is 0 Å². The minimum atomic E-state index is -0.720. The van der Waals surface area contributed by atoms with E-state index < -0.39 is 12.0 Å². The molecule has 2 N–H and O–H groups in total. The molecule has 9 nitrogen and oxygen atoms in total. The molecule has 0 spiro atoms. The molecule has 186 valence electrons. The van der Waals surface area contributed by atoms with Crippen LogP contribution in [0.3, 0.4) is 0 Å². The predicted molar refractivity (Wildman–Crippen MR) is 130 cm³/mol. The summed E-state index contributed by atoms with van der Waals surface area (Å²) in [5, 5.41) is 6.29. The molecule has 0 bridgehead atoms. The van der Waals surface area contributed by atoms with Gasteiger partial charge in [0.2, 0.25) is 0 Å². The lowest BCUT2D eigenvalue weighted by atomic mass is 9.94. The number of nitrogens with one attached hydrogen (secondary N) is 2. The summed E-state index contributed by atoms with van der Waals surface area (Å²) in [5.41, 5.74) is 1.57. The van der Waals surface area contributed by atoms with Crippen molar-refractivity contribution in [2.24, 2.45) is 0 Å². The quantitative estimate of drug-likeness (QED) is 0.597. The summed E-state index contributed by atoms with van der Waals surface area (Å²) in [6.45, 7) is 9.95. The van der Waals surface area contributed by atoms with Crippen molar-refractivity contribution in [2.45, 2.75) is 45.8 Å². The number of likely N-dealkylation sites (N-methyl/N-ethyl adjacent to an activating group) is 1. The van der Waals surface area contributed by atoms with Gasteiger partial charge in [-0.25, -0.2) is 14.4 Å². The summed E-state index contributed by atoms with van der Waals surface area (Å²) in [7, 11) is 1.64. The molecule has 2 atom stereocenters. The van der Waals surface area contributed by atoms with Gasteiger partial charge in [-0.05, 0) is 39.3 Å². The van der Waals surface area contributed by atoms with Gasteiger partial charge in [0, 0.05) is 56.0 Å². The molecule has 0 aromatic heterocycles. The van der Waals surface area contributed by atoms with Gasteiger partial charge >= 0.3 is 18.0 Å². The Bertz CT molecular complexity index is 966. The summed E-state index contributed by atoms with van der Waals surface area (Å²) < 4.78 is 5.39. The highest BCUT2D eigenvalue weighted by molar-refractivity contribution is 6.31. The van der Waals surface area contributed by atoms with Crippen LogP contribution in [0.5, 0.6) is 0 Å². The van der Waals surface area contributed by atoms with Crippen LogP contribution in [0.2, 0.25) is 5.02 Å². The van der Waals surface area contributed by atoms with Crippen LogP contribution in [0.4, 0.5) is 9.59 Å². The number of rotatable bonds is 6. The van der Waals surface area contributed by atoms with E-state index in [1.807, 2.05) is 31.7 Å². The summed E-state index contributed by atoms with van der Waals surface area (Å²) in [5.74, 6) is -0.489. The molecule has 10 heteroatoms. The van der Waals surface area contributed by atoms with Crippen molar-refractivity contribution in [2.75, 3.05) is 39.8 Å². The van der Waals surface area contributed by atoms with E-state index in [2.05, 4.69) is 15.5 Å². The van der Waals surface area contributed by atoms with Crippen LogP contribution in [0.1, 0.15) is 39.3 Å². The Hall–Kier alpha value is -2.78. The molecule has 2 heterocycles. The third-order valence-electron chi connectivity index (χ3n) is 6.05. The van der Waals surface area contributed by atoms with E-state index in [0.717, 1.165) is 0 Å². The number of ether oxygens (including phenoxy) is 1. The smallest absolute Gasteiger partial charge is 0.338 e. The molecule has 2 aliphatic heterocycles. The maximum absolute atomic E-state index is 13.1. The van der Waals surface area contributed by atoms with Crippen LogP contribution in [-0.4, -0.2) is 84.6 Å². The van der Waals surface area contributed by atoms with Crippen molar-refractivity contribution >= 4 is 29.6 Å². The van der Waals surface area contributed by atoms with Gasteiger partial charge in [-0.15, -0.1) is 0 Å². The third kappa shape index (κ3) is 5.64. The maximum atomic E-state index is 13.1. The second kappa shape index (κ2) is 11.1. The average molecular weight is 492 g/mol. The molecule has 1 aromatic carbocycles. The third-order valence-corrected chi connectivity index (χ3v) is 6.39. The summed E-state index contributed by atoms with van der Waals surface area (Å²) in [6.07, 6.45) is 0. The van der Waals surface area contributed by atoms with Gasteiger partial charge in [0.15, 0.2) is 0 Å². The number of hydrogen-bond acceptors (Lipinski definition) is 5. The van der Waals surface area contributed by atoms with Crippen molar-refractivity contribution in [1.29, 1.82) is 0 Å². The molecule has 0 aliphatic carbocycles. The summed E-state index contributed by atoms with van der Waals surface area (Å²) in [4.78, 5) is 43.9. The number of benzene rings is 1. The van der Waals surface area contributed by atoms with E-state index in [0.29, 0.717) is 48.0 Å². The minimum Gasteiger partial charge on any atom is -0.463 e. The SMILES string of the molecule is CCOC(=O)C1=C(CN2CCN(C(=O)NC(C)C)[C@@H](C)C2)N(C)C(=O)N[C@@H]1c1ccccc1Cl. The Balaban J connectivity index is 1.91. The molecule has 4 amide bonds. The molecular formula is C24H34ClN5O4. The molecule has 0 saturated carbocycles. The number of nitrogens with zero attached hydrogens (tertiary/aromatic N) is 3. The average Bonchev–Trinajstić information content (AvgIpc) is 2.76. The largest absolute Gasteiger partial charge is 0.463 e. The van der Waals surface area contributed by atoms with Gasteiger partial charge < -0.3 is 20.3 Å². The van der Waals surface area contributed by atoms with E-state index in [9.17, 15) is 14.4 Å². The lowest BCUT2D eigenvalue weighted by Gasteiger charge is -2.42. The number of piperazine rings is 1. The Morgan fingerprint density at radius 1 is 1.26 bits per heavy atom. The van der Waals surface area contributed by atoms with E-state index in [1.54, 1.807) is 32.2 Å². The molecule has 2 aliphatic rings. The number of esters is 1. The minimum absolute atomic E-state index is 0.0266. The topological polar surface area (TPSA) is 94.2 Å². The zero-order valence-corrected chi connectivity index (χ0v) is 21.2. The van der Waals surface area contributed by atoms with Crippen molar-refractivity contribution < 1.29 is 19.1 Å². The number of hydrogen-bond donors (Lipinski definition) is 2. The van der Waals surface area contributed by atoms with Crippen molar-refractivity contribution in [1.82, 2.24) is 25.3 Å². The van der Waals surface area contributed by atoms with Crippen LogP contribution in [-0.2, 0) is 9.53 Å². The number of urea groups is 2. The number of carbonyl (C=O) groups is 3. The lowest BCUT2D eigenvalue weighted by molar-refractivity contribution is -0.139. The van der Waals surface area contributed by atoms with Gasteiger partial charge in [0.1, 0.15) is 0 Å². The first kappa shape index (κ1) is 25.8. The first-order valence-electron chi connectivity index (χ1n) is 11.6. The number of carbonyl (C=O) groups excluding carboxylic acids is 3. The highest BCUT2D eigenvalue weighted by Crippen LogP contribution is 2.34. The van der Waals surface area contributed by atoms with E-state index in [1.165, 1.54) is 4.90 Å². The fourth-order valence-corrected chi connectivity index (χ4v) is 4.61. The summed E-state index contributed by atoms with van der Waals surface area (Å²) in [6, 6.07) is 6.05. The fraction of sp³-hybridized carbons (Fsp3) is 0.542. The standard InChI is InChI=1S/C24H34ClN5O4/c1-6-34-22(31)20-19(14-29-11-12-30(16(4)13-29)24(33)26-15(2)3)28(5)23(32)27-21(20)17-9-7-8-10-18(17)25/h7-10,15-16,21H,6,11-14H2,1-5H3,(H,26,33)(H,27,32)/t16-,21+/m0/s1. The van der Waals surface area contributed by atoms with Crippen molar-refractivity contribution in [3.8, 4) is 0 Å². The fourth-order valence-electron chi connectivity index (χ4n) is 4.36. The predicted octanol–water partition coefficient (Wildman–Crippen LogP) is 2.98. The van der Waals surface area contributed by atoms with E-state index >= 15 is 0 Å². The first-order valence-corrected chi connectivity index (χ1v) is 12.0. The second-order valence-electron chi connectivity index (χ2n) is 8.93. The molecule has 34 heavy (non-hydrogen) atoms. The Labute approximate surface area is 206 Å². The van der Waals surface area contributed by atoms with E-state index in [4.69, 9.17) is 16.3 Å². The Kier molecular flexibility index (Phi) is 8.43. The van der Waals surface area contributed by atoms with Crippen LogP contribution < -0.4 is 10.6 Å². The zero-order chi connectivity index (χ0) is 25.0. The van der Waals surface area contributed by atoms with Crippen molar-refractivity contribution in [3.63, 3.8) is 0 Å². The summed E-state index contributed by atoms with van der Waals surface area (Å²) >= 11 is 6.44. The lowest BCUT2D eigenvalue weighted by Crippen LogP contribution is -2.58. The molecule has 0 radical (unpaired) electrons. The van der Waals surface area contributed by atoms with Crippen LogP contribution >= 0.6 is 11.6 Å². The van der Waals surface area contributed by atoms with Gasteiger partial charge in [0.25, 0.3) is 0 Å². The highest BCUT2D eigenvalue weighted by atomic mass is 35.5. The van der Waals surface area contributed by atoms with Crippen molar-refractivity contribution in [3.05, 3.63) is 46.1 Å². The Morgan fingerprint density at radius 2 is 1.97 bits per heavy atom. The van der Waals surface area contributed by atoms with E-state index in [-0.39, 0.29) is 30.8 Å². The second-order valence-corrected chi connectivity index (χ2v) is 9.33. The normalized spacial score (nSPS) is 21.6. The monoisotopic (exact) mass is 491 g/mol. The van der Waals surface area contributed by atoms with Gasteiger partial charge in [-0.2, -0.15) is 0 Å². The molecule has 1 saturated heterocycles. The van der Waals surface area contributed by atoms with Crippen LogP contribution in [0.15, 0.2) is 35.5 Å². The molecule has 1 fully saturated rings. The molecule has 3 rings (SSSR count). The van der Waals surface area contributed by atoms with Crippen LogP contribution in [0, 0.1) is 0 Å². The zero-order valence-electron chi connectivity index (χ0n) is 20.4. The number of amides is 4. The molecule has 0 unspecified atom stereocenters. The Morgan fingerprint density at radius 3 is 2.59 bits per heavy atom.